The molecule has 13 nitrogen and oxygen atoms in total. The van der Waals surface area contributed by atoms with Crippen LogP contribution in [0.15, 0.2) is 41.2 Å². The summed E-state index contributed by atoms with van der Waals surface area (Å²) >= 11 is 0. The summed E-state index contributed by atoms with van der Waals surface area (Å²) in [5, 5.41) is 6.36. The van der Waals surface area contributed by atoms with Gasteiger partial charge in [-0.15, -0.1) is 0 Å². The SMILES string of the molecule is COc1ccc(CN2CCN(C(=O)C(Nc3ccc4c(cc3=O)C(NC(C)=O)CCc3cc(OC)c(OC)c(OC)c3-4)C(C)C)CC2)c(OC)c1OC. The fourth-order valence-corrected chi connectivity index (χ4v) is 7.36. The normalized spacial score (nSPS) is 16.0. The van der Waals surface area contributed by atoms with Crippen LogP contribution in [0.25, 0.3) is 11.1 Å². The second-order valence-corrected chi connectivity index (χ2v) is 13.6. The summed E-state index contributed by atoms with van der Waals surface area (Å²) in [5.74, 6) is 2.79. The number of ether oxygens (including phenoxy) is 6. The molecular weight excluding hydrogens is 680 g/mol. The predicted octanol–water partition coefficient (Wildman–Crippen LogP) is 4.67. The third kappa shape index (κ3) is 8.09. The third-order valence-corrected chi connectivity index (χ3v) is 10.0. The number of fused-ring (bicyclic) bond motifs is 3. The predicted molar refractivity (Wildman–Crippen MR) is 203 cm³/mol. The molecule has 1 saturated heterocycles. The lowest BCUT2D eigenvalue weighted by Crippen LogP contribution is -2.53. The first-order valence-electron chi connectivity index (χ1n) is 17.8. The van der Waals surface area contributed by atoms with Crippen LogP contribution in [-0.2, 0) is 22.6 Å². The molecule has 2 N–H and O–H groups in total. The molecule has 2 aliphatic rings. The second kappa shape index (κ2) is 17.1. The molecule has 0 bridgehead atoms. The molecule has 1 aliphatic carbocycles. The van der Waals surface area contributed by atoms with E-state index >= 15 is 0 Å². The van der Waals surface area contributed by atoms with Crippen molar-refractivity contribution in [1.29, 1.82) is 0 Å². The Morgan fingerprint density at radius 2 is 1.43 bits per heavy atom. The number of aryl methyl sites for hydroxylation is 1. The first-order valence-corrected chi connectivity index (χ1v) is 17.8. The minimum atomic E-state index is -0.653. The van der Waals surface area contributed by atoms with E-state index in [0.29, 0.717) is 91.2 Å². The van der Waals surface area contributed by atoms with Crippen molar-refractivity contribution < 1.29 is 38.0 Å². The lowest BCUT2D eigenvalue weighted by molar-refractivity contribution is -0.134. The van der Waals surface area contributed by atoms with Crippen LogP contribution in [0, 0.1) is 5.92 Å². The van der Waals surface area contributed by atoms with Gasteiger partial charge in [-0.25, -0.2) is 0 Å². The number of amides is 2. The summed E-state index contributed by atoms with van der Waals surface area (Å²) in [6, 6.07) is 9.79. The number of carbonyl (C=O) groups excluding carboxylic acids is 2. The van der Waals surface area contributed by atoms with Gasteiger partial charge in [0, 0.05) is 50.8 Å². The summed E-state index contributed by atoms with van der Waals surface area (Å²) in [7, 11) is 9.47. The van der Waals surface area contributed by atoms with Crippen molar-refractivity contribution in [3.05, 3.63) is 63.3 Å². The lowest BCUT2D eigenvalue weighted by Gasteiger charge is -2.37. The highest BCUT2D eigenvalue weighted by Gasteiger charge is 2.32. The van der Waals surface area contributed by atoms with Crippen LogP contribution in [0.5, 0.6) is 34.5 Å². The standard InChI is InChI=1S/C40H52N4O9/c1-23(2)35(40(47)44-18-16-43(17-19-44)22-26-11-15-32(48-4)37(51-7)36(26)50-6)42-30-14-12-27-28(21-31(30)46)29(41-24(3)45)13-10-25-20-33(49-5)38(52-8)39(53-9)34(25)27/h11-12,14-15,20-21,23,29,35H,10,13,16-19,22H2,1-9H3,(H,41,45)(H,42,46). The zero-order valence-corrected chi connectivity index (χ0v) is 32.2. The van der Waals surface area contributed by atoms with E-state index in [9.17, 15) is 14.4 Å². The molecule has 13 heteroatoms. The molecule has 2 unspecified atom stereocenters. The number of anilines is 1. The number of rotatable bonds is 13. The van der Waals surface area contributed by atoms with E-state index in [4.69, 9.17) is 28.4 Å². The van der Waals surface area contributed by atoms with E-state index in [2.05, 4.69) is 15.5 Å². The molecule has 5 rings (SSSR count). The van der Waals surface area contributed by atoms with Crippen molar-refractivity contribution in [2.75, 3.05) is 74.2 Å². The van der Waals surface area contributed by atoms with Gasteiger partial charge >= 0.3 is 0 Å². The Hall–Kier alpha value is -5.17. The van der Waals surface area contributed by atoms with E-state index in [0.717, 1.165) is 16.7 Å². The number of benzene rings is 2. The summed E-state index contributed by atoms with van der Waals surface area (Å²) in [6.45, 7) is 8.39. The van der Waals surface area contributed by atoms with Gasteiger partial charge in [-0.2, -0.15) is 0 Å². The van der Waals surface area contributed by atoms with Gasteiger partial charge in [0.15, 0.2) is 23.0 Å². The van der Waals surface area contributed by atoms with Crippen molar-refractivity contribution in [2.45, 2.75) is 52.2 Å². The Balaban J connectivity index is 1.42. The van der Waals surface area contributed by atoms with Gasteiger partial charge in [0.25, 0.3) is 0 Å². The molecule has 1 aliphatic heterocycles. The molecule has 0 aromatic heterocycles. The molecule has 286 valence electrons. The Kier molecular flexibility index (Phi) is 12.6. The number of methoxy groups -OCH3 is 6. The van der Waals surface area contributed by atoms with Gasteiger partial charge < -0.3 is 44.0 Å². The quantitative estimate of drug-likeness (QED) is 0.254. The zero-order chi connectivity index (χ0) is 38.4. The Bertz CT molecular complexity index is 1870. The topological polar surface area (TPSA) is 137 Å². The number of hydrogen-bond acceptors (Lipinski definition) is 11. The fourth-order valence-electron chi connectivity index (χ4n) is 7.36. The summed E-state index contributed by atoms with van der Waals surface area (Å²) in [5.41, 5.74) is 4.01. The third-order valence-electron chi connectivity index (χ3n) is 10.0. The van der Waals surface area contributed by atoms with Crippen molar-refractivity contribution in [3.63, 3.8) is 0 Å². The smallest absolute Gasteiger partial charge is 0.245 e. The van der Waals surface area contributed by atoms with Gasteiger partial charge in [-0.05, 0) is 59.7 Å². The maximum Gasteiger partial charge on any atom is 0.245 e. The van der Waals surface area contributed by atoms with Crippen molar-refractivity contribution in [3.8, 4) is 45.6 Å². The van der Waals surface area contributed by atoms with E-state index in [1.54, 1.807) is 54.8 Å². The molecule has 1 fully saturated rings. The highest BCUT2D eigenvalue weighted by atomic mass is 16.5. The number of carbonyl (C=O) groups is 2. The average molecular weight is 733 g/mol. The van der Waals surface area contributed by atoms with Crippen LogP contribution in [0.4, 0.5) is 5.69 Å². The van der Waals surface area contributed by atoms with Gasteiger partial charge in [0.2, 0.25) is 28.7 Å². The monoisotopic (exact) mass is 732 g/mol. The first-order chi connectivity index (χ1) is 25.5. The highest BCUT2D eigenvalue weighted by Crippen LogP contribution is 2.50. The number of nitrogens with one attached hydrogen (secondary N) is 2. The van der Waals surface area contributed by atoms with E-state index in [1.165, 1.54) is 6.92 Å². The van der Waals surface area contributed by atoms with Crippen LogP contribution in [0.1, 0.15) is 49.9 Å². The minimum absolute atomic E-state index is 0.0733. The van der Waals surface area contributed by atoms with Gasteiger partial charge in [-0.3, -0.25) is 19.3 Å². The Morgan fingerprint density at radius 1 is 0.792 bits per heavy atom. The maximum absolute atomic E-state index is 14.1. The van der Waals surface area contributed by atoms with E-state index in [1.807, 2.05) is 43.0 Å². The average Bonchev–Trinajstić information content (AvgIpc) is 3.40. The van der Waals surface area contributed by atoms with Crippen LogP contribution < -0.4 is 44.5 Å². The molecule has 53 heavy (non-hydrogen) atoms. The van der Waals surface area contributed by atoms with E-state index < -0.39 is 12.1 Å². The van der Waals surface area contributed by atoms with Gasteiger partial charge in [0.1, 0.15) is 6.04 Å². The molecule has 0 radical (unpaired) electrons. The molecule has 0 spiro atoms. The lowest BCUT2D eigenvalue weighted by atomic mass is 9.95. The van der Waals surface area contributed by atoms with E-state index in [-0.39, 0.29) is 28.8 Å². The summed E-state index contributed by atoms with van der Waals surface area (Å²) in [4.78, 5) is 44.6. The van der Waals surface area contributed by atoms with Crippen molar-refractivity contribution in [1.82, 2.24) is 15.1 Å². The van der Waals surface area contributed by atoms with Gasteiger partial charge in [-0.1, -0.05) is 26.0 Å². The number of hydrogen-bond donors (Lipinski definition) is 2. The van der Waals surface area contributed by atoms with Crippen LogP contribution in [0.2, 0.25) is 0 Å². The van der Waals surface area contributed by atoms with Crippen LogP contribution in [0.3, 0.4) is 0 Å². The van der Waals surface area contributed by atoms with Crippen LogP contribution >= 0.6 is 0 Å². The highest BCUT2D eigenvalue weighted by molar-refractivity contribution is 5.86. The second-order valence-electron chi connectivity index (χ2n) is 13.6. The zero-order valence-electron chi connectivity index (χ0n) is 32.2. The molecule has 0 saturated carbocycles. The summed E-state index contributed by atoms with van der Waals surface area (Å²) in [6.07, 6.45) is 1.13. The van der Waals surface area contributed by atoms with Crippen molar-refractivity contribution in [2.24, 2.45) is 5.92 Å². The molecule has 2 amide bonds. The Morgan fingerprint density at radius 3 is 2.02 bits per heavy atom. The minimum Gasteiger partial charge on any atom is -0.493 e. The maximum atomic E-state index is 14.1. The molecular formula is C40H52N4O9. The van der Waals surface area contributed by atoms with Gasteiger partial charge in [0.05, 0.1) is 54.4 Å². The number of nitrogens with zero attached hydrogens (tertiary/aromatic N) is 2. The first kappa shape index (κ1) is 39.0. The Labute approximate surface area is 311 Å². The molecule has 1 heterocycles. The van der Waals surface area contributed by atoms with Crippen molar-refractivity contribution >= 4 is 17.5 Å². The number of piperazine rings is 1. The molecule has 3 aromatic carbocycles. The van der Waals surface area contributed by atoms with Crippen LogP contribution in [-0.4, -0.2) is 96.5 Å². The fraction of sp³-hybridized carbons (Fsp3) is 0.475. The largest absolute Gasteiger partial charge is 0.493 e. The molecule has 3 aromatic rings. The molecule has 2 atom stereocenters. The summed E-state index contributed by atoms with van der Waals surface area (Å²) < 4.78 is 33.9.